The Morgan fingerprint density at radius 2 is 1.76 bits per heavy atom. The zero-order valence-corrected chi connectivity index (χ0v) is 18.7. The summed E-state index contributed by atoms with van der Waals surface area (Å²) in [4.78, 5) is 24.8. The summed E-state index contributed by atoms with van der Waals surface area (Å²) in [6.07, 6.45) is 8.28. The molecule has 1 aliphatic heterocycles. The summed E-state index contributed by atoms with van der Waals surface area (Å²) in [5.74, 6) is 1.25. The molecule has 0 amide bonds. The number of aromatic nitrogens is 7. The highest BCUT2D eigenvalue weighted by atomic mass is 16.1. The van der Waals surface area contributed by atoms with E-state index in [9.17, 15) is 4.79 Å². The number of nitrogens with one attached hydrogen (secondary N) is 1. The molecule has 2 aliphatic rings. The Labute approximate surface area is 190 Å². The Balaban J connectivity index is 1.33. The molecule has 1 saturated carbocycles. The van der Waals surface area contributed by atoms with Gasteiger partial charge in [0, 0.05) is 30.5 Å². The van der Waals surface area contributed by atoms with E-state index >= 15 is 0 Å². The molecule has 33 heavy (non-hydrogen) atoms. The Kier molecular flexibility index (Phi) is 4.92. The summed E-state index contributed by atoms with van der Waals surface area (Å²) in [5.41, 5.74) is 3.33. The van der Waals surface area contributed by atoms with Crippen LogP contribution in [-0.4, -0.2) is 47.7 Å². The van der Waals surface area contributed by atoms with Gasteiger partial charge in [-0.2, -0.15) is 9.50 Å². The molecule has 4 aromatic rings. The van der Waals surface area contributed by atoms with E-state index in [1.165, 1.54) is 23.0 Å². The number of tetrazole rings is 1. The molecule has 3 aromatic heterocycles. The fourth-order valence-electron chi connectivity index (χ4n) is 5.09. The van der Waals surface area contributed by atoms with Crippen molar-refractivity contribution in [3.05, 3.63) is 40.8 Å². The summed E-state index contributed by atoms with van der Waals surface area (Å²) in [6.45, 7) is 4.53. The van der Waals surface area contributed by atoms with Crippen LogP contribution in [0.5, 0.6) is 0 Å². The van der Waals surface area contributed by atoms with Gasteiger partial charge in [-0.05, 0) is 66.3 Å². The normalized spacial score (nSPS) is 17.9. The van der Waals surface area contributed by atoms with Crippen LogP contribution in [0.1, 0.15) is 51.5 Å². The summed E-state index contributed by atoms with van der Waals surface area (Å²) in [7, 11) is 0. The SMILES string of the molecule is CC1CCN(c2ccc(Nc3ncc4c(n3)n(C3CCCC3)c(=O)c3nnnn34)cc2)CC1. The van der Waals surface area contributed by atoms with Crippen molar-refractivity contribution >= 4 is 34.1 Å². The molecule has 1 aromatic carbocycles. The van der Waals surface area contributed by atoms with E-state index in [2.05, 4.69) is 61.9 Å². The second kappa shape index (κ2) is 8.09. The molecular formula is C23H27N9O. The lowest BCUT2D eigenvalue weighted by Gasteiger charge is -2.32. The maximum atomic E-state index is 13.2. The van der Waals surface area contributed by atoms with Crippen LogP contribution < -0.4 is 15.8 Å². The molecule has 0 unspecified atom stereocenters. The van der Waals surface area contributed by atoms with E-state index in [1.54, 1.807) is 10.8 Å². The van der Waals surface area contributed by atoms with Gasteiger partial charge in [0.1, 0.15) is 5.52 Å². The molecular weight excluding hydrogens is 418 g/mol. The highest BCUT2D eigenvalue weighted by Gasteiger charge is 2.24. The van der Waals surface area contributed by atoms with Crippen LogP contribution in [0.2, 0.25) is 0 Å². The second-order valence-electron chi connectivity index (χ2n) is 9.27. The van der Waals surface area contributed by atoms with Crippen molar-refractivity contribution in [3.63, 3.8) is 0 Å². The standard InChI is InChI=1S/C23H27N9O/c1-15-10-12-30(13-11-15)17-8-6-16(7-9-17)25-23-24-14-19-20(26-23)31(18-4-2-3-5-18)22(33)21-27-28-29-32(19)21/h6-9,14-15,18H,2-5,10-13H2,1H3,(H,24,25,26). The van der Waals surface area contributed by atoms with Crippen LogP contribution in [-0.2, 0) is 0 Å². The average molecular weight is 446 g/mol. The third kappa shape index (κ3) is 3.59. The summed E-state index contributed by atoms with van der Waals surface area (Å²) < 4.78 is 3.20. The lowest BCUT2D eigenvalue weighted by Crippen LogP contribution is -2.32. The fraction of sp³-hybridized carbons (Fsp3) is 0.478. The van der Waals surface area contributed by atoms with Gasteiger partial charge in [0.2, 0.25) is 11.6 Å². The highest BCUT2D eigenvalue weighted by Crippen LogP contribution is 2.31. The largest absolute Gasteiger partial charge is 0.372 e. The monoisotopic (exact) mass is 445 g/mol. The molecule has 1 aliphatic carbocycles. The zero-order chi connectivity index (χ0) is 22.4. The van der Waals surface area contributed by atoms with Crippen molar-refractivity contribution in [2.75, 3.05) is 23.3 Å². The van der Waals surface area contributed by atoms with Gasteiger partial charge in [0.25, 0.3) is 5.56 Å². The number of fused-ring (bicyclic) bond motifs is 3. The molecule has 1 saturated heterocycles. The van der Waals surface area contributed by atoms with E-state index in [-0.39, 0.29) is 17.2 Å². The van der Waals surface area contributed by atoms with Crippen molar-refractivity contribution in [2.45, 2.75) is 51.5 Å². The first-order valence-electron chi connectivity index (χ1n) is 11.8. The zero-order valence-electron chi connectivity index (χ0n) is 18.7. The number of piperidine rings is 1. The Morgan fingerprint density at radius 1 is 1.00 bits per heavy atom. The lowest BCUT2D eigenvalue weighted by atomic mass is 9.99. The lowest BCUT2D eigenvalue weighted by molar-refractivity contribution is 0.438. The second-order valence-corrected chi connectivity index (χ2v) is 9.27. The van der Waals surface area contributed by atoms with E-state index in [0.29, 0.717) is 17.1 Å². The van der Waals surface area contributed by atoms with E-state index in [4.69, 9.17) is 4.98 Å². The molecule has 4 heterocycles. The van der Waals surface area contributed by atoms with Crippen molar-refractivity contribution in [1.82, 2.24) is 34.6 Å². The molecule has 0 atom stereocenters. The predicted molar refractivity (Wildman–Crippen MR) is 126 cm³/mol. The smallest absolute Gasteiger partial charge is 0.299 e. The van der Waals surface area contributed by atoms with Crippen molar-refractivity contribution in [1.29, 1.82) is 0 Å². The molecule has 10 heteroatoms. The third-order valence-electron chi connectivity index (χ3n) is 7.05. The first-order chi connectivity index (χ1) is 16.2. The molecule has 170 valence electrons. The van der Waals surface area contributed by atoms with Crippen molar-refractivity contribution in [2.24, 2.45) is 5.92 Å². The molecule has 0 bridgehead atoms. The quantitative estimate of drug-likeness (QED) is 0.510. The maximum Gasteiger partial charge on any atom is 0.299 e. The van der Waals surface area contributed by atoms with Crippen LogP contribution in [0.25, 0.3) is 16.8 Å². The van der Waals surface area contributed by atoms with Crippen LogP contribution in [0.4, 0.5) is 17.3 Å². The summed E-state index contributed by atoms with van der Waals surface area (Å²) in [6, 6.07) is 8.48. The maximum absolute atomic E-state index is 13.2. The third-order valence-corrected chi connectivity index (χ3v) is 7.05. The molecule has 0 radical (unpaired) electrons. The van der Waals surface area contributed by atoms with Gasteiger partial charge in [-0.3, -0.25) is 9.36 Å². The Bertz CT molecular complexity index is 1350. The van der Waals surface area contributed by atoms with Crippen LogP contribution in [0.3, 0.4) is 0 Å². The topological polar surface area (TPSA) is 106 Å². The predicted octanol–water partition coefficient (Wildman–Crippen LogP) is 3.32. The van der Waals surface area contributed by atoms with Gasteiger partial charge < -0.3 is 10.2 Å². The highest BCUT2D eigenvalue weighted by molar-refractivity contribution is 5.74. The first-order valence-corrected chi connectivity index (χ1v) is 11.8. The number of nitrogens with zero attached hydrogens (tertiary/aromatic N) is 8. The van der Waals surface area contributed by atoms with Crippen LogP contribution in [0, 0.1) is 5.92 Å². The minimum atomic E-state index is -0.204. The number of benzene rings is 1. The summed E-state index contributed by atoms with van der Waals surface area (Å²) >= 11 is 0. The van der Waals surface area contributed by atoms with Crippen molar-refractivity contribution < 1.29 is 0 Å². The van der Waals surface area contributed by atoms with Crippen LogP contribution >= 0.6 is 0 Å². The fourth-order valence-corrected chi connectivity index (χ4v) is 5.09. The Morgan fingerprint density at radius 3 is 2.52 bits per heavy atom. The van der Waals surface area contributed by atoms with E-state index in [1.807, 2.05) is 0 Å². The average Bonchev–Trinajstić information content (AvgIpc) is 3.53. The number of hydrogen-bond acceptors (Lipinski definition) is 8. The number of anilines is 3. The molecule has 0 spiro atoms. The van der Waals surface area contributed by atoms with Crippen LogP contribution in [0.15, 0.2) is 35.3 Å². The summed E-state index contributed by atoms with van der Waals surface area (Å²) in [5, 5.41) is 14.9. The molecule has 10 nitrogen and oxygen atoms in total. The van der Waals surface area contributed by atoms with Gasteiger partial charge in [0.05, 0.1) is 6.20 Å². The van der Waals surface area contributed by atoms with E-state index in [0.717, 1.165) is 50.4 Å². The first kappa shape index (κ1) is 20.1. The van der Waals surface area contributed by atoms with Gasteiger partial charge >= 0.3 is 0 Å². The van der Waals surface area contributed by atoms with Gasteiger partial charge in [-0.15, -0.1) is 5.10 Å². The van der Waals surface area contributed by atoms with Crippen molar-refractivity contribution in [3.8, 4) is 0 Å². The van der Waals surface area contributed by atoms with Gasteiger partial charge in [-0.1, -0.05) is 19.8 Å². The van der Waals surface area contributed by atoms with E-state index < -0.39 is 0 Å². The molecule has 6 rings (SSSR count). The molecule has 1 N–H and O–H groups in total. The van der Waals surface area contributed by atoms with Gasteiger partial charge in [-0.25, -0.2) is 4.98 Å². The number of hydrogen-bond donors (Lipinski definition) is 1. The minimum absolute atomic E-state index is 0.107. The minimum Gasteiger partial charge on any atom is -0.372 e. The van der Waals surface area contributed by atoms with Gasteiger partial charge in [0.15, 0.2) is 5.65 Å². The Hall–Kier alpha value is -3.56. The molecule has 2 fully saturated rings. The number of rotatable bonds is 4.